The van der Waals surface area contributed by atoms with Crippen LogP contribution < -0.4 is 10.6 Å². The Morgan fingerprint density at radius 2 is 1.96 bits per heavy atom. The third-order valence-corrected chi connectivity index (χ3v) is 5.28. The maximum atomic E-state index is 11.9. The normalized spacial score (nSPS) is 13.9. The van der Waals surface area contributed by atoms with Gasteiger partial charge in [-0.25, -0.2) is 9.59 Å². The summed E-state index contributed by atoms with van der Waals surface area (Å²) in [6.07, 6.45) is 1.09. The molecule has 1 aliphatic rings. The van der Waals surface area contributed by atoms with Crippen LogP contribution in [0.4, 0.5) is 4.79 Å². The van der Waals surface area contributed by atoms with Crippen LogP contribution in [0.15, 0.2) is 35.7 Å². The lowest BCUT2D eigenvalue weighted by molar-refractivity contribution is 0.0697. The third kappa shape index (κ3) is 4.80. The van der Waals surface area contributed by atoms with Crippen molar-refractivity contribution in [1.82, 2.24) is 15.5 Å². The van der Waals surface area contributed by atoms with Crippen molar-refractivity contribution in [2.45, 2.75) is 19.5 Å². The number of urea groups is 1. The number of nitrogens with zero attached hydrogens (tertiary/aromatic N) is 1. The van der Waals surface area contributed by atoms with E-state index in [-0.39, 0.29) is 11.6 Å². The fourth-order valence-electron chi connectivity index (χ4n) is 2.84. The predicted molar refractivity (Wildman–Crippen MR) is 96.9 cm³/mol. The van der Waals surface area contributed by atoms with Gasteiger partial charge >= 0.3 is 12.0 Å². The van der Waals surface area contributed by atoms with Gasteiger partial charge in [0.1, 0.15) is 0 Å². The van der Waals surface area contributed by atoms with Gasteiger partial charge in [-0.05, 0) is 41.1 Å². The number of nitrogens with one attached hydrogen (secondary N) is 2. The first-order chi connectivity index (χ1) is 12.1. The van der Waals surface area contributed by atoms with E-state index in [0.29, 0.717) is 13.1 Å². The smallest absolute Gasteiger partial charge is 0.335 e. The summed E-state index contributed by atoms with van der Waals surface area (Å²) in [6.45, 7) is 3.79. The third-order valence-electron chi connectivity index (χ3n) is 4.25. The summed E-state index contributed by atoms with van der Waals surface area (Å²) in [4.78, 5) is 26.5. The minimum atomic E-state index is -0.954. The maximum absolute atomic E-state index is 11.9. The molecular formula is C18H21N3O3S. The highest BCUT2D eigenvalue weighted by atomic mass is 32.1. The Hall–Kier alpha value is -2.38. The maximum Gasteiger partial charge on any atom is 0.335 e. The van der Waals surface area contributed by atoms with Gasteiger partial charge in [0.25, 0.3) is 0 Å². The highest BCUT2D eigenvalue weighted by Gasteiger charge is 2.16. The first-order valence-corrected chi connectivity index (χ1v) is 9.11. The number of carboxylic acids is 1. The molecule has 25 heavy (non-hydrogen) atoms. The molecule has 0 unspecified atom stereocenters. The number of rotatable bonds is 6. The van der Waals surface area contributed by atoms with Crippen molar-refractivity contribution in [2.24, 2.45) is 0 Å². The number of carboxylic acid groups (broad SMARTS) is 1. The number of hydrogen-bond acceptors (Lipinski definition) is 4. The van der Waals surface area contributed by atoms with Crippen LogP contribution in [0.2, 0.25) is 0 Å². The first kappa shape index (κ1) is 17.4. The average Bonchev–Trinajstić information content (AvgIpc) is 3.08. The number of carbonyl (C=O) groups excluding carboxylic acids is 1. The molecule has 3 rings (SSSR count). The molecule has 7 heteroatoms. The Balaban J connectivity index is 1.35. The van der Waals surface area contributed by atoms with Crippen LogP contribution in [-0.2, 0) is 19.5 Å². The fraction of sp³-hybridized carbons (Fsp3) is 0.333. The predicted octanol–water partition coefficient (Wildman–Crippen LogP) is 2.30. The van der Waals surface area contributed by atoms with E-state index in [1.165, 1.54) is 22.6 Å². The zero-order valence-corrected chi connectivity index (χ0v) is 14.6. The summed E-state index contributed by atoms with van der Waals surface area (Å²) in [7, 11) is 0. The lowest BCUT2D eigenvalue weighted by atomic mass is 10.1. The van der Waals surface area contributed by atoms with E-state index < -0.39 is 5.97 Å². The second kappa shape index (κ2) is 8.13. The molecule has 0 saturated carbocycles. The lowest BCUT2D eigenvalue weighted by Gasteiger charge is -2.26. The van der Waals surface area contributed by atoms with E-state index in [4.69, 9.17) is 5.11 Å². The second-order valence-corrected chi connectivity index (χ2v) is 7.01. The van der Waals surface area contributed by atoms with Crippen LogP contribution in [0.3, 0.4) is 0 Å². The van der Waals surface area contributed by atoms with Crippen molar-refractivity contribution in [2.75, 3.05) is 19.6 Å². The SMILES string of the molecule is O=C(NCCN1CCc2sccc2C1)NCc1ccc(C(=O)O)cc1. The van der Waals surface area contributed by atoms with E-state index in [9.17, 15) is 9.59 Å². The van der Waals surface area contributed by atoms with Crippen LogP contribution in [0.5, 0.6) is 0 Å². The van der Waals surface area contributed by atoms with Gasteiger partial charge in [0, 0.05) is 37.6 Å². The molecule has 6 nitrogen and oxygen atoms in total. The van der Waals surface area contributed by atoms with Crippen molar-refractivity contribution in [1.29, 1.82) is 0 Å². The summed E-state index contributed by atoms with van der Waals surface area (Å²) in [5.41, 5.74) is 2.51. The zero-order valence-electron chi connectivity index (χ0n) is 13.8. The van der Waals surface area contributed by atoms with Crippen molar-refractivity contribution < 1.29 is 14.7 Å². The molecule has 0 spiro atoms. The molecule has 0 bridgehead atoms. The Morgan fingerprint density at radius 1 is 1.16 bits per heavy atom. The number of fused-ring (bicyclic) bond motifs is 1. The fourth-order valence-corrected chi connectivity index (χ4v) is 3.73. The molecule has 1 aromatic carbocycles. The van der Waals surface area contributed by atoms with Gasteiger partial charge in [0.2, 0.25) is 0 Å². The summed E-state index contributed by atoms with van der Waals surface area (Å²) in [6, 6.07) is 8.45. The van der Waals surface area contributed by atoms with Gasteiger partial charge < -0.3 is 15.7 Å². The summed E-state index contributed by atoms with van der Waals surface area (Å²) < 4.78 is 0. The molecule has 0 atom stereocenters. The molecule has 2 amide bonds. The highest BCUT2D eigenvalue weighted by Crippen LogP contribution is 2.23. The van der Waals surface area contributed by atoms with E-state index in [0.717, 1.165) is 31.6 Å². The molecule has 1 aromatic heterocycles. The van der Waals surface area contributed by atoms with Crippen molar-refractivity contribution in [3.05, 3.63) is 57.3 Å². The van der Waals surface area contributed by atoms with Crippen molar-refractivity contribution in [3.63, 3.8) is 0 Å². The second-order valence-electron chi connectivity index (χ2n) is 6.01. The van der Waals surface area contributed by atoms with Gasteiger partial charge in [-0.1, -0.05) is 12.1 Å². The minimum Gasteiger partial charge on any atom is -0.478 e. The van der Waals surface area contributed by atoms with Gasteiger partial charge in [-0.2, -0.15) is 0 Å². The number of benzene rings is 1. The highest BCUT2D eigenvalue weighted by molar-refractivity contribution is 7.10. The van der Waals surface area contributed by atoms with Crippen LogP contribution in [0.25, 0.3) is 0 Å². The van der Waals surface area contributed by atoms with Gasteiger partial charge in [-0.15, -0.1) is 11.3 Å². The van der Waals surface area contributed by atoms with Gasteiger partial charge in [0.05, 0.1) is 5.56 Å². The topological polar surface area (TPSA) is 81.7 Å². The van der Waals surface area contributed by atoms with Crippen LogP contribution in [0, 0.1) is 0 Å². The average molecular weight is 359 g/mol. The molecule has 0 fully saturated rings. The number of thiophene rings is 1. The van der Waals surface area contributed by atoms with E-state index in [1.807, 2.05) is 11.3 Å². The van der Waals surface area contributed by atoms with Crippen LogP contribution >= 0.6 is 11.3 Å². The largest absolute Gasteiger partial charge is 0.478 e. The minimum absolute atomic E-state index is 0.212. The molecule has 1 aliphatic heterocycles. The summed E-state index contributed by atoms with van der Waals surface area (Å²) in [5.74, 6) is -0.954. The van der Waals surface area contributed by atoms with Crippen molar-refractivity contribution in [3.8, 4) is 0 Å². The van der Waals surface area contributed by atoms with E-state index in [2.05, 4.69) is 27.0 Å². The van der Waals surface area contributed by atoms with Crippen LogP contribution in [0.1, 0.15) is 26.4 Å². The standard InChI is InChI=1S/C18H21N3O3S/c22-17(23)14-3-1-13(2-4-14)11-20-18(24)19-7-9-21-8-5-16-15(12-21)6-10-25-16/h1-4,6,10H,5,7-9,11-12H2,(H,22,23)(H2,19,20,24). The molecule has 132 valence electrons. The van der Waals surface area contributed by atoms with Crippen molar-refractivity contribution >= 4 is 23.3 Å². The lowest BCUT2D eigenvalue weighted by Crippen LogP contribution is -2.41. The Bertz CT molecular complexity index is 742. The summed E-state index contributed by atoms with van der Waals surface area (Å²) in [5, 5.41) is 16.6. The monoisotopic (exact) mass is 359 g/mol. The molecule has 2 heterocycles. The number of amides is 2. The Kier molecular flexibility index (Phi) is 5.67. The molecule has 3 N–H and O–H groups in total. The Labute approximate surface area is 150 Å². The zero-order chi connectivity index (χ0) is 17.6. The number of hydrogen-bond donors (Lipinski definition) is 3. The number of aromatic carboxylic acids is 1. The quantitative estimate of drug-likeness (QED) is 0.739. The molecule has 0 aliphatic carbocycles. The molecule has 2 aromatic rings. The van der Waals surface area contributed by atoms with E-state index >= 15 is 0 Å². The molecular weight excluding hydrogens is 338 g/mol. The first-order valence-electron chi connectivity index (χ1n) is 8.23. The number of carbonyl (C=O) groups is 2. The van der Waals surface area contributed by atoms with Gasteiger partial charge in [-0.3, -0.25) is 4.90 Å². The van der Waals surface area contributed by atoms with Crippen LogP contribution in [-0.4, -0.2) is 41.6 Å². The molecule has 0 saturated heterocycles. The summed E-state index contributed by atoms with van der Waals surface area (Å²) >= 11 is 1.82. The Morgan fingerprint density at radius 3 is 2.72 bits per heavy atom. The molecule has 0 radical (unpaired) electrons. The van der Waals surface area contributed by atoms with E-state index in [1.54, 1.807) is 12.1 Å². The van der Waals surface area contributed by atoms with Gasteiger partial charge in [0.15, 0.2) is 0 Å².